The molecule has 0 aromatic heterocycles. The molecule has 4 fully saturated rings. The molecule has 4 aliphatic rings. The number of carbonyl (C=O) groups excluding carboxylic acids is 2. The Morgan fingerprint density at radius 1 is 1.00 bits per heavy atom. The number of hydrogen-bond acceptors (Lipinski definition) is 4. The highest BCUT2D eigenvalue weighted by atomic mass is 35.5. The Balaban J connectivity index is 1.25. The number of esters is 2. The first-order valence-corrected chi connectivity index (χ1v) is 10.0. The van der Waals surface area contributed by atoms with Crippen molar-refractivity contribution in [2.45, 2.75) is 58.0 Å². The van der Waals surface area contributed by atoms with E-state index in [1.807, 2.05) is 6.92 Å². The van der Waals surface area contributed by atoms with E-state index in [0.29, 0.717) is 22.6 Å². The number of halogens is 1. The van der Waals surface area contributed by atoms with E-state index in [-0.39, 0.29) is 24.9 Å². The van der Waals surface area contributed by atoms with Crippen LogP contribution in [0.5, 0.6) is 5.75 Å². The van der Waals surface area contributed by atoms with Gasteiger partial charge in [-0.25, -0.2) is 0 Å². The van der Waals surface area contributed by atoms with Crippen LogP contribution in [0.3, 0.4) is 0 Å². The zero-order valence-corrected chi connectivity index (χ0v) is 15.8. The van der Waals surface area contributed by atoms with Crippen LogP contribution in [0, 0.1) is 30.6 Å². The van der Waals surface area contributed by atoms with Crippen molar-refractivity contribution >= 4 is 23.5 Å². The van der Waals surface area contributed by atoms with Gasteiger partial charge in [0.05, 0.1) is 12.8 Å². The molecule has 0 saturated heterocycles. The van der Waals surface area contributed by atoms with E-state index in [0.717, 1.165) is 17.4 Å². The average Bonchev–Trinajstić information content (AvgIpc) is 2.59. The smallest absolute Gasteiger partial charge is 0.311 e. The van der Waals surface area contributed by atoms with E-state index >= 15 is 0 Å². The molecule has 4 bridgehead atoms. The normalized spacial score (nSPS) is 31.7. The van der Waals surface area contributed by atoms with Gasteiger partial charge >= 0.3 is 11.9 Å². The number of rotatable bonds is 5. The molecular weight excluding hydrogens is 352 g/mol. The van der Waals surface area contributed by atoms with Gasteiger partial charge in [-0.05, 0) is 86.5 Å². The highest BCUT2D eigenvalue weighted by molar-refractivity contribution is 6.31. The number of hydrogen-bond donors (Lipinski definition) is 0. The van der Waals surface area contributed by atoms with Crippen molar-refractivity contribution in [3.8, 4) is 5.75 Å². The maximum Gasteiger partial charge on any atom is 0.311 e. The molecule has 0 atom stereocenters. The lowest BCUT2D eigenvalue weighted by Crippen LogP contribution is -2.50. The average molecular weight is 377 g/mol. The quantitative estimate of drug-likeness (QED) is 0.552. The lowest BCUT2D eigenvalue weighted by atomic mass is 9.55. The molecule has 4 saturated carbocycles. The lowest BCUT2D eigenvalue weighted by Gasteiger charge is -2.53. The zero-order chi connectivity index (χ0) is 18.3. The van der Waals surface area contributed by atoms with E-state index in [1.54, 1.807) is 18.2 Å². The molecule has 1 aromatic carbocycles. The molecule has 0 heterocycles. The fourth-order valence-electron chi connectivity index (χ4n) is 5.35. The molecule has 0 radical (unpaired) electrons. The summed E-state index contributed by atoms with van der Waals surface area (Å²) in [6.45, 7) is 1.85. The lowest BCUT2D eigenvalue weighted by molar-refractivity contribution is -0.171. The SMILES string of the molecule is Cc1cc(OC(=O)CCC(=O)OC2C3CC4CC(C3)CC2C4)ccc1Cl. The maximum absolute atomic E-state index is 12.2. The summed E-state index contributed by atoms with van der Waals surface area (Å²) in [5, 5.41) is 0.629. The summed E-state index contributed by atoms with van der Waals surface area (Å²) < 4.78 is 11.1. The third-order valence-corrected chi connectivity index (χ3v) is 6.73. The number of aryl methyl sites for hydroxylation is 1. The summed E-state index contributed by atoms with van der Waals surface area (Å²) in [7, 11) is 0. The van der Waals surface area contributed by atoms with Crippen LogP contribution in [0.4, 0.5) is 0 Å². The van der Waals surface area contributed by atoms with Gasteiger partial charge in [0.15, 0.2) is 0 Å². The van der Waals surface area contributed by atoms with Gasteiger partial charge in [-0.15, -0.1) is 0 Å². The Bertz CT molecular complexity index is 686. The first-order valence-electron chi connectivity index (χ1n) is 9.64. The summed E-state index contributed by atoms with van der Waals surface area (Å²) in [6.07, 6.45) is 6.41. The molecule has 5 heteroatoms. The Morgan fingerprint density at radius 2 is 1.62 bits per heavy atom. The minimum absolute atomic E-state index is 0.0355. The Hall–Kier alpha value is -1.55. The minimum Gasteiger partial charge on any atom is -0.462 e. The fraction of sp³-hybridized carbons (Fsp3) is 0.619. The second-order valence-electron chi connectivity index (χ2n) is 8.27. The first-order chi connectivity index (χ1) is 12.5. The largest absolute Gasteiger partial charge is 0.462 e. The molecule has 26 heavy (non-hydrogen) atoms. The van der Waals surface area contributed by atoms with Crippen LogP contribution in [0.15, 0.2) is 18.2 Å². The summed E-state index contributed by atoms with van der Waals surface area (Å²) in [4.78, 5) is 24.2. The molecule has 0 N–H and O–H groups in total. The van der Waals surface area contributed by atoms with Crippen molar-refractivity contribution in [3.63, 3.8) is 0 Å². The van der Waals surface area contributed by atoms with Gasteiger partial charge in [-0.3, -0.25) is 9.59 Å². The Labute approximate surface area is 159 Å². The van der Waals surface area contributed by atoms with Crippen LogP contribution in [-0.2, 0) is 14.3 Å². The Kier molecular flexibility index (Phi) is 4.96. The molecule has 0 unspecified atom stereocenters. The second-order valence-corrected chi connectivity index (χ2v) is 8.68. The molecule has 140 valence electrons. The van der Waals surface area contributed by atoms with Gasteiger partial charge in [0.25, 0.3) is 0 Å². The van der Waals surface area contributed by atoms with E-state index < -0.39 is 5.97 Å². The van der Waals surface area contributed by atoms with Crippen molar-refractivity contribution in [1.29, 1.82) is 0 Å². The number of ether oxygens (including phenoxy) is 2. The van der Waals surface area contributed by atoms with Crippen molar-refractivity contribution in [1.82, 2.24) is 0 Å². The van der Waals surface area contributed by atoms with Gasteiger partial charge in [0, 0.05) is 5.02 Å². The summed E-state index contributed by atoms with van der Waals surface area (Å²) in [5.41, 5.74) is 0.846. The molecular formula is C21H25ClO4. The predicted molar refractivity (Wildman–Crippen MR) is 98.0 cm³/mol. The van der Waals surface area contributed by atoms with Gasteiger partial charge in [0.1, 0.15) is 11.9 Å². The summed E-state index contributed by atoms with van der Waals surface area (Å²) >= 11 is 5.96. The monoisotopic (exact) mass is 376 g/mol. The molecule has 1 aromatic rings. The topological polar surface area (TPSA) is 52.6 Å². The number of carbonyl (C=O) groups is 2. The van der Waals surface area contributed by atoms with Crippen molar-refractivity contribution in [3.05, 3.63) is 28.8 Å². The molecule has 4 aliphatic carbocycles. The first kappa shape index (κ1) is 17.8. The maximum atomic E-state index is 12.2. The van der Waals surface area contributed by atoms with Crippen molar-refractivity contribution in [2.75, 3.05) is 0 Å². The molecule has 0 amide bonds. The van der Waals surface area contributed by atoms with Crippen LogP contribution in [0.25, 0.3) is 0 Å². The molecule has 0 aliphatic heterocycles. The second kappa shape index (κ2) is 7.22. The standard InChI is InChI=1S/C21H25ClO4/c1-12-6-17(2-3-18(12)22)25-19(23)4-5-20(24)26-21-15-8-13-7-14(10-15)11-16(21)9-13/h2-3,6,13-16,21H,4-5,7-11H2,1H3. The fourth-order valence-corrected chi connectivity index (χ4v) is 5.46. The molecule has 0 spiro atoms. The van der Waals surface area contributed by atoms with Gasteiger partial charge in [0.2, 0.25) is 0 Å². The predicted octanol–water partition coefficient (Wildman–Crippen LogP) is 4.70. The van der Waals surface area contributed by atoms with Crippen LogP contribution in [0.1, 0.15) is 50.5 Å². The van der Waals surface area contributed by atoms with Gasteiger partial charge in [-0.2, -0.15) is 0 Å². The highest BCUT2D eigenvalue weighted by Crippen LogP contribution is 2.54. The zero-order valence-electron chi connectivity index (χ0n) is 15.1. The summed E-state index contributed by atoms with van der Waals surface area (Å²) in [5.74, 6) is 2.54. The third-order valence-electron chi connectivity index (χ3n) is 6.30. The van der Waals surface area contributed by atoms with Gasteiger partial charge in [-0.1, -0.05) is 11.6 Å². The van der Waals surface area contributed by atoms with Crippen molar-refractivity contribution in [2.24, 2.45) is 23.7 Å². The van der Waals surface area contributed by atoms with Crippen LogP contribution in [0.2, 0.25) is 5.02 Å². The summed E-state index contributed by atoms with van der Waals surface area (Å²) in [6, 6.07) is 5.06. The van der Waals surface area contributed by atoms with Crippen LogP contribution in [-0.4, -0.2) is 18.0 Å². The molecule has 5 rings (SSSR count). The highest BCUT2D eigenvalue weighted by Gasteiger charge is 2.49. The molecule has 4 nitrogen and oxygen atoms in total. The van der Waals surface area contributed by atoms with E-state index in [4.69, 9.17) is 21.1 Å². The van der Waals surface area contributed by atoms with E-state index in [9.17, 15) is 9.59 Å². The number of benzene rings is 1. The van der Waals surface area contributed by atoms with Crippen LogP contribution < -0.4 is 4.74 Å². The van der Waals surface area contributed by atoms with E-state index in [2.05, 4.69) is 0 Å². The van der Waals surface area contributed by atoms with Crippen LogP contribution >= 0.6 is 11.6 Å². The van der Waals surface area contributed by atoms with Gasteiger partial charge < -0.3 is 9.47 Å². The Morgan fingerprint density at radius 3 is 2.23 bits per heavy atom. The van der Waals surface area contributed by atoms with E-state index in [1.165, 1.54) is 32.1 Å². The minimum atomic E-state index is -0.422. The third kappa shape index (κ3) is 3.75. The van der Waals surface area contributed by atoms with Crippen molar-refractivity contribution < 1.29 is 19.1 Å².